The maximum absolute atomic E-state index is 13.4. The number of aromatic amines is 1. The summed E-state index contributed by atoms with van der Waals surface area (Å²) in [4.78, 5) is 10.5. The maximum Gasteiger partial charge on any atom is 0.123 e. The van der Waals surface area contributed by atoms with E-state index in [2.05, 4.69) is 54.1 Å². The summed E-state index contributed by atoms with van der Waals surface area (Å²) >= 11 is 0. The molecule has 0 amide bonds. The van der Waals surface area contributed by atoms with E-state index in [0.717, 1.165) is 29.0 Å². The monoisotopic (exact) mass is 373 g/mol. The number of benzene rings is 2. The van der Waals surface area contributed by atoms with Gasteiger partial charge in [0.1, 0.15) is 5.82 Å². The van der Waals surface area contributed by atoms with Gasteiger partial charge in [0.05, 0.1) is 17.3 Å². The Morgan fingerprint density at radius 2 is 1.71 bits per heavy atom. The van der Waals surface area contributed by atoms with Crippen LogP contribution in [-0.2, 0) is 6.42 Å². The van der Waals surface area contributed by atoms with E-state index in [0.29, 0.717) is 0 Å². The molecule has 0 aliphatic carbocycles. The van der Waals surface area contributed by atoms with Gasteiger partial charge in [-0.25, -0.2) is 4.39 Å². The molecule has 4 rings (SSSR count). The summed E-state index contributed by atoms with van der Waals surface area (Å²) in [5, 5.41) is 1.20. The number of aromatic nitrogens is 2. The Balaban J connectivity index is 1.83. The van der Waals surface area contributed by atoms with Crippen molar-refractivity contribution in [3.8, 4) is 0 Å². The lowest BCUT2D eigenvalue weighted by Gasteiger charge is -2.30. The third-order valence-electron chi connectivity index (χ3n) is 5.55. The van der Waals surface area contributed by atoms with Crippen LogP contribution >= 0.6 is 0 Å². The topological polar surface area (TPSA) is 31.9 Å². The van der Waals surface area contributed by atoms with E-state index < -0.39 is 0 Å². The zero-order valence-corrected chi connectivity index (χ0v) is 16.4. The summed E-state index contributed by atoms with van der Waals surface area (Å²) in [5.74, 6) is -0.229. The first-order chi connectivity index (χ1) is 13.5. The van der Waals surface area contributed by atoms with Gasteiger partial charge < -0.3 is 9.88 Å². The van der Waals surface area contributed by atoms with Crippen molar-refractivity contribution in [3.05, 3.63) is 95.2 Å². The maximum atomic E-state index is 13.4. The van der Waals surface area contributed by atoms with Gasteiger partial charge in [0.2, 0.25) is 0 Å². The van der Waals surface area contributed by atoms with Gasteiger partial charge in [0.15, 0.2) is 0 Å². The second-order valence-corrected chi connectivity index (χ2v) is 7.29. The van der Waals surface area contributed by atoms with Crippen LogP contribution in [0.2, 0.25) is 0 Å². The molecule has 1 atom stereocenters. The number of nitrogens with one attached hydrogen (secondary N) is 1. The predicted octanol–water partition coefficient (Wildman–Crippen LogP) is 5.74. The van der Waals surface area contributed by atoms with Crippen LogP contribution in [0.3, 0.4) is 0 Å². The van der Waals surface area contributed by atoms with Crippen molar-refractivity contribution in [3.63, 3.8) is 0 Å². The van der Waals surface area contributed by atoms with Crippen molar-refractivity contribution in [1.29, 1.82) is 0 Å². The molecule has 0 spiro atoms. The fourth-order valence-corrected chi connectivity index (χ4v) is 3.77. The van der Waals surface area contributed by atoms with Crippen LogP contribution in [0.5, 0.6) is 0 Å². The Morgan fingerprint density at radius 3 is 2.43 bits per heavy atom. The lowest BCUT2D eigenvalue weighted by Crippen LogP contribution is -2.27. The second kappa shape index (κ2) is 7.47. The molecule has 28 heavy (non-hydrogen) atoms. The molecular weight excluding hydrogens is 349 g/mol. The molecule has 2 aromatic carbocycles. The summed E-state index contributed by atoms with van der Waals surface area (Å²) in [6.45, 7) is 4.23. The summed E-state index contributed by atoms with van der Waals surface area (Å²) in [5.41, 5.74) is 6.69. The fraction of sp³-hybridized carbons (Fsp3) is 0.208. The van der Waals surface area contributed by atoms with Gasteiger partial charge in [-0.1, -0.05) is 30.3 Å². The van der Waals surface area contributed by atoms with Crippen LogP contribution in [0.15, 0.2) is 66.9 Å². The number of hydrogen-bond donors (Lipinski definition) is 1. The van der Waals surface area contributed by atoms with E-state index in [1.807, 2.05) is 31.4 Å². The lowest BCUT2D eigenvalue weighted by atomic mass is 9.99. The van der Waals surface area contributed by atoms with E-state index in [1.165, 1.54) is 28.6 Å². The van der Waals surface area contributed by atoms with Gasteiger partial charge in [-0.3, -0.25) is 4.98 Å². The standard InChI is InChI=1S/C24H24FN3/c1-16-17(2)27-23-21(16)13-14-26-24(23)22(15-18-7-5-4-6-8-18)28(3)20-11-9-19(25)10-12-20/h4-14,22,27H,15H2,1-3H3. The Labute approximate surface area is 164 Å². The number of aryl methyl sites for hydroxylation is 2. The number of fused-ring (bicyclic) bond motifs is 1. The van der Waals surface area contributed by atoms with Gasteiger partial charge in [0, 0.05) is 30.0 Å². The average Bonchev–Trinajstić information content (AvgIpc) is 3.01. The second-order valence-electron chi connectivity index (χ2n) is 7.29. The molecular formula is C24H24FN3. The van der Waals surface area contributed by atoms with Crippen molar-refractivity contribution < 1.29 is 4.39 Å². The molecule has 4 aromatic rings. The number of pyridine rings is 1. The summed E-state index contributed by atoms with van der Waals surface area (Å²) in [6, 6.07) is 19.1. The zero-order valence-electron chi connectivity index (χ0n) is 16.4. The molecule has 142 valence electrons. The largest absolute Gasteiger partial charge is 0.366 e. The highest BCUT2D eigenvalue weighted by Gasteiger charge is 2.23. The minimum atomic E-state index is -0.229. The minimum Gasteiger partial charge on any atom is -0.366 e. The molecule has 0 aliphatic rings. The third kappa shape index (κ3) is 3.38. The molecule has 0 saturated carbocycles. The Morgan fingerprint density at radius 1 is 1.00 bits per heavy atom. The highest BCUT2D eigenvalue weighted by Crippen LogP contribution is 2.33. The summed E-state index contributed by atoms with van der Waals surface area (Å²) in [6.07, 6.45) is 2.69. The number of halogens is 1. The molecule has 0 radical (unpaired) electrons. The molecule has 0 bridgehead atoms. The SMILES string of the molecule is Cc1[nH]c2c(C(Cc3ccccc3)N(C)c3ccc(F)cc3)nccc2c1C. The van der Waals surface area contributed by atoms with Crippen molar-refractivity contribution in [2.75, 3.05) is 11.9 Å². The van der Waals surface area contributed by atoms with Crippen molar-refractivity contribution in [1.82, 2.24) is 9.97 Å². The van der Waals surface area contributed by atoms with Crippen molar-refractivity contribution >= 4 is 16.6 Å². The van der Waals surface area contributed by atoms with Crippen LogP contribution < -0.4 is 4.90 Å². The van der Waals surface area contributed by atoms with E-state index in [4.69, 9.17) is 4.98 Å². The number of nitrogens with zero attached hydrogens (tertiary/aromatic N) is 2. The van der Waals surface area contributed by atoms with Crippen LogP contribution in [-0.4, -0.2) is 17.0 Å². The van der Waals surface area contributed by atoms with E-state index in [1.54, 1.807) is 0 Å². The van der Waals surface area contributed by atoms with E-state index >= 15 is 0 Å². The van der Waals surface area contributed by atoms with Crippen molar-refractivity contribution in [2.45, 2.75) is 26.3 Å². The number of rotatable bonds is 5. The molecule has 1 unspecified atom stereocenters. The van der Waals surface area contributed by atoms with Gasteiger partial charge in [-0.15, -0.1) is 0 Å². The van der Waals surface area contributed by atoms with Gasteiger partial charge >= 0.3 is 0 Å². The Hall–Kier alpha value is -3.14. The van der Waals surface area contributed by atoms with Gasteiger partial charge in [-0.05, 0) is 61.7 Å². The molecule has 1 N–H and O–H groups in total. The first-order valence-electron chi connectivity index (χ1n) is 9.50. The molecule has 4 heteroatoms. The van der Waals surface area contributed by atoms with Crippen LogP contribution in [0.25, 0.3) is 10.9 Å². The highest BCUT2D eigenvalue weighted by molar-refractivity contribution is 5.86. The molecule has 0 saturated heterocycles. The van der Waals surface area contributed by atoms with Gasteiger partial charge in [-0.2, -0.15) is 0 Å². The zero-order chi connectivity index (χ0) is 19.7. The number of anilines is 1. The third-order valence-corrected chi connectivity index (χ3v) is 5.55. The first-order valence-corrected chi connectivity index (χ1v) is 9.50. The van der Waals surface area contributed by atoms with E-state index in [9.17, 15) is 4.39 Å². The Bertz CT molecular complexity index is 1080. The molecule has 0 fully saturated rings. The molecule has 2 heterocycles. The quantitative estimate of drug-likeness (QED) is 0.484. The predicted molar refractivity (Wildman–Crippen MR) is 113 cm³/mol. The minimum absolute atomic E-state index is 0.00834. The fourth-order valence-electron chi connectivity index (χ4n) is 3.77. The smallest absolute Gasteiger partial charge is 0.123 e. The molecule has 0 aliphatic heterocycles. The van der Waals surface area contributed by atoms with Crippen LogP contribution in [0, 0.1) is 19.7 Å². The van der Waals surface area contributed by atoms with E-state index in [-0.39, 0.29) is 11.9 Å². The lowest BCUT2D eigenvalue weighted by molar-refractivity contribution is 0.624. The average molecular weight is 373 g/mol. The summed E-state index contributed by atoms with van der Waals surface area (Å²) < 4.78 is 13.4. The number of H-pyrrole nitrogens is 1. The van der Waals surface area contributed by atoms with Crippen molar-refractivity contribution in [2.24, 2.45) is 0 Å². The normalized spacial score (nSPS) is 12.3. The molecule has 3 nitrogen and oxygen atoms in total. The van der Waals surface area contributed by atoms with Crippen LogP contribution in [0.1, 0.15) is 28.6 Å². The number of likely N-dealkylation sites (N-methyl/N-ethyl adjacent to an activating group) is 1. The molecule has 2 aromatic heterocycles. The first kappa shape index (κ1) is 18.2. The summed E-state index contributed by atoms with van der Waals surface area (Å²) in [7, 11) is 2.05. The Kier molecular flexibility index (Phi) is 4.86. The highest BCUT2D eigenvalue weighted by atomic mass is 19.1. The number of hydrogen-bond acceptors (Lipinski definition) is 2. The van der Waals surface area contributed by atoms with Gasteiger partial charge in [0.25, 0.3) is 0 Å². The van der Waals surface area contributed by atoms with Crippen LogP contribution in [0.4, 0.5) is 10.1 Å².